The number of halogens is 2. The highest BCUT2D eigenvalue weighted by Gasteiger charge is 2.33. The summed E-state index contributed by atoms with van der Waals surface area (Å²) < 4.78 is 28.1. The molecule has 0 unspecified atom stereocenters. The summed E-state index contributed by atoms with van der Waals surface area (Å²) in [4.78, 5) is 38.0. The molecule has 0 saturated heterocycles. The van der Waals surface area contributed by atoms with Gasteiger partial charge in [-0.2, -0.15) is 0 Å². The molecule has 3 aromatic carbocycles. The number of sulfonamides is 1. The van der Waals surface area contributed by atoms with Crippen molar-refractivity contribution in [3.8, 4) is 0 Å². The maximum Gasteiger partial charge on any atom is 0.271 e. The Hall–Kier alpha value is -3.67. The normalized spacial score (nSPS) is 11.9. The van der Waals surface area contributed by atoms with Crippen molar-refractivity contribution < 1.29 is 22.9 Å². The number of benzene rings is 3. The van der Waals surface area contributed by atoms with Crippen molar-refractivity contribution in [3.63, 3.8) is 0 Å². The van der Waals surface area contributed by atoms with E-state index in [0.717, 1.165) is 10.4 Å². The van der Waals surface area contributed by atoms with Crippen LogP contribution in [0.4, 0.5) is 11.4 Å². The predicted octanol–water partition coefficient (Wildman–Crippen LogP) is 4.26. The van der Waals surface area contributed by atoms with E-state index in [1.807, 2.05) is 0 Å². The Morgan fingerprint density at radius 2 is 1.71 bits per heavy atom. The van der Waals surface area contributed by atoms with Gasteiger partial charge >= 0.3 is 0 Å². The molecule has 1 N–H and O–H groups in total. The number of anilines is 1. The van der Waals surface area contributed by atoms with Gasteiger partial charge in [-0.15, -0.1) is 0 Å². The van der Waals surface area contributed by atoms with E-state index in [0.29, 0.717) is 10.6 Å². The van der Waals surface area contributed by atoms with Crippen LogP contribution in [0.1, 0.15) is 12.5 Å². The van der Waals surface area contributed by atoms with Gasteiger partial charge < -0.3 is 10.2 Å². The summed E-state index contributed by atoms with van der Waals surface area (Å²) in [7, 11) is -2.94. The zero-order chi connectivity index (χ0) is 28.0. The zero-order valence-corrected chi connectivity index (χ0v) is 22.7. The second-order valence-corrected chi connectivity index (χ2v) is 10.9. The maximum absolute atomic E-state index is 13.7. The topological polar surface area (TPSA) is 130 Å². The minimum atomic E-state index is -4.34. The quantitative estimate of drug-likeness (QED) is 0.282. The summed E-state index contributed by atoms with van der Waals surface area (Å²) in [5.74, 6) is -1.23. The molecule has 0 aliphatic rings. The summed E-state index contributed by atoms with van der Waals surface area (Å²) in [6, 6.07) is 16.0. The lowest BCUT2D eigenvalue weighted by molar-refractivity contribution is -0.384. The Bertz CT molecular complexity index is 1450. The van der Waals surface area contributed by atoms with Crippen LogP contribution in [-0.2, 0) is 26.2 Å². The molecule has 0 bridgehead atoms. The molecule has 200 valence electrons. The van der Waals surface area contributed by atoms with Crippen LogP contribution in [0.25, 0.3) is 0 Å². The predicted molar refractivity (Wildman–Crippen MR) is 145 cm³/mol. The number of amides is 2. The van der Waals surface area contributed by atoms with Crippen LogP contribution in [0, 0.1) is 10.1 Å². The highest BCUT2D eigenvalue weighted by molar-refractivity contribution is 7.92. The van der Waals surface area contributed by atoms with E-state index in [2.05, 4.69) is 5.32 Å². The van der Waals surface area contributed by atoms with E-state index in [-0.39, 0.29) is 27.8 Å². The molecule has 0 saturated carbocycles. The minimum absolute atomic E-state index is 0.0894. The van der Waals surface area contributed by atoms with Gasteiger partial charge in [0.2, 0.25) is 11.8 Å². The smallest absolute Gasteiger partial charge is 0.271 e. The van der Waals surface area contributed by atoms with Gasteiger partial charge in [0, 0.05) is 35.8 Å². The largest absolute Gasteiger partial charge is 0.357 e. The fourth-order valence-corrected chi connectivity index (χ4v) is 5.53. The molecule has 0 aromatic heterocycles. The molecule has 0 spiro atoms. The minimum Gasteiger partial charge on any atom is -0.357 e. The maximum atomic E-state index is 13.7. The first kappa shape index (κ1) is 28.9. The number of nitrogens with zero attached hydrogens (tertiary/aromatic N) is 3. The number of carbonyl (C=O) groups excluding carboxylic acids is 2. The van der Waals surface area contributed by atoms with Crippen molar-refractivity contribution in [1.82, 2.24) is 10.2 Å². The number of non-ortho nitro benzene ring substituents is 1. The molecule has 0 aliphatic heterocycles. The lowest BCUT2D eigenvalue weighted by Gasteiger charge is -2.32. The number of likely N-dealkylation sites (N-methyl/N-ethyl adjacent to an activating group) is 1. The highest BCUT2D eigenvalue weighted by atomic mass is 35.5. The standard InChI is InChI=1S/C25H24Cl2N4O6S/c1-17(25(33)28-2)29(15-18-11-12-19(26)13-23(18)27)24(32)16-30(20-7-6-8-21(14-20)31(34)35)38(36,37)22-9-4-3-5-10-22/h3-14,17H,15-16H2,1-2H3,(H,28,33)/t17-/m0/s1. The molecule has 2 amide bonds. The third kappa shape index (κ3) is 6.60. The summed E-state index contributed by atoms with van der Waals surface area (Å²) in [6.45, 7) is 0.618. The van der Waals surface area contributed by atoms with Crippen molar-refractivity contribution in [2.75, 3.05) is 17.9 Å². The van der Waals surface area contributed by atoms with Crippen LogP contribution < -0.4 is 9.62 Å². The van der Waals surface area contributed by atoms with Crippen LogP contribution in [0.15, 0.2) is 77.7 Å². The lowest BCUT2D eigenvalue weighted by Crippen LogP contribution is -2.50. The Balaban J connectivity index is 2.08. The third-order valence-electron chi connectivity index (χ3n) is 5.71. The first-order valence-electron chi connectivity index (χ1n) is 11.2. The van der Waals surface area contributed by atoms with Gasteiger partial charge in [0.25, 0.3) is 15.7 Å². The van der Waals surface area contributed by atoms with Crippen molar-refractivity contribution in [2.24, 2.45) is 0 Å². The van der Waals surface area contributed by atoms with Gasteiger partial charge in [-0.1, -0.05) is 53.5 Å². The van der Waals surface area contributed by atoms with Crippen LogP contribution >= 0.6 is 23.2 Å². The summed E-state index contributed by atoms with van der Waals surface area (Å²) in [5, 5.41) is 14.5. The van der Waals surface area contributed by atoms with E-state index in [1.54, 1.807) is 18.2 Å². The second-order valence-electron chi connectivity index (χ2n) is 8.15. The van der Waals surface area contributed by atoms with Gasteiger partial charge in [-0.05, 0) is 42.8 Å². The number of nitro benzene ring substituents is 1. The van der Waals surface area contributed by atoms with Gasteiger partial charge in [-0.3, -0.25) is 24.0 Å². The Labute approximate surface area is 230 Å². The van der Waals surface area contributed by atoms with Crippen molar-refractivity contribution in [3.05, 3.63) is 98.5 Å². The first-order chi connectivity index (χ1) is 17.9. The summed E-state index contributed by atoms with van der Waals surface area (Å²) in [6.07, 6.45) is 0. The molecule has 13 heteroatoms. The van der Waals surface area contributed by atoms with Gasteiger partial charge in [0.15, 0.2) is 0 Å². The SMILES string of the molecule is CNC(=O)[C@H](C)N(Cc1ccc(Cl)cc1Cl)C(=O)CN(c1cccc([N+](=O)[O-])c1)S(=O)(=O)c1ccccc1. The number of carbonyl (C=O) groups is 2. The molecule has 0 aliphatic carbocycles. The fraction of sp³-hybridized carbons (Fsp3) is 0.200. The average molecular weight is 579 g/mol. The molecule has 0 heterocycles. The Kier molecular flexibility index (Phi) is 9.31. The summed E-state index contributed by atoms with van der Waals surface area (Å²) >= 11 is 12.3. The molecule has 3 aromatic rings. The van der Waals surface area contributed by atoms with Crippen LogP contribution in [0.5, 0.6) is 0 Å². The summed E-state index contributed by atoms with van der Waals surface area (Å²) in [5.41, 5.74) is 0.0354. The number of hydrogen-bond acceptors (Lipinski definition) is 6. The molecule has 10 nitrogen and oxygen atoms in total. The van der Waals surface area contributed by atoms with Crippen LogP contribution in [0.2, 0.25) is 10.0 Å². The van der Waals surface area contributed by atoms with E-state index >= 15 is 0 Å². The van der Waals surface area contributed by atoms with Crippen molar-refractivity contribution in [2.45, 2.75) is 24.4 Å². The molecule has 0 radical (unpaired) electrons. The van der Waals surface area contributed by atoms with Crippen molar-refractivity contribution >= 4 is 56.4 Å². The number of nitrogens with one attached hydrogen (secondary N) is 1. The van der Waals surface area contributed by atoms with Gasteiger partial charge in [0.05, 0.1) is 15.5 Å². The van der Waals surface area contributed by atoms with Gasteiger partial charge in [-0.25, -0.2) is 8.42 Å². The number of hydrogen-bond donors (Lipinski definition) is 1. The monoisotopic (exact) mass is 578 g/mol. The average Bonchev–Trinajstić information content (AvgIpc) is 2.90. The first-order valence-corrected chi connectivity index (χ1v) is 13.4. The van der Waals surface area contributed by atoms with Crippen LogP contribution in [0.3, 0.4) is 0 Å². The second kappa shape index (κ2) is 12.2. The van der Waals surface area contributed by atoms with Crippen molar-refractivity contribution in [1.29, 1.82) is 0 Å². The van der Waals surface area contributed by atoms with E-state index in [1.165, 1.54) is 67.4 Å². The van der Waals surface area contributed by atoms with Gasteiger partial charge in [0.1, 0.15) is 12.6 Å². The molecular weight excluding hydrogens is 555 g/mol. The lowest BCUT2D eigenvalue weighted by atomic mass is 10.1. The van der Waals surface area contributed by atoms with E-state index < -0.39 is 39.3 Å². The van der Waals surface area contributed by atoms with Crippen LogP contribution in [-0.4, -0.2) is 49.7 Å². The fourth-order valence-electron chi connectivity index (χ4n) is 3.64. The molecule has 3 rings (SSSR count). The Morgan fingerprint density at radius 1 is 1.03 bits per heavy atom. The molecule has 38 heavy (non-hydrogen) atoms. The molecule has 1 atom stereocenters. The zero-order valence-electron chi connectivity index (χ0n) is 20.4. The molecular formula is C25H24Cl2N4O6S. The van der Waals surface area contributed by atoms with E-state index in [9.17, 15) is 28.1 Å². The molecule has 0 fully saturated rings. The third-order valence-corrected chi connectivity index (χ3v) is 8.08. The number of nitro groups is 1. The number of rotatable bonds is 10. The van der Waals surface area contributed by atoms with E-state index in [4.69, 9.17) is 23.2 Å². The Morgan fingerprint density at radius 3 is 2.32 bits per heavy atom. The highest BCUT2D eigenvalue weighted by Crippen LogP contribution is 2.28.